The number of rotatable bonds is 4. The molecule has 2 aromatic heterocycles. The van der Waals surface area contributed by atoms with Gasteiger partial charge in [0, 0.05) is 22.7 Å². The zero-order valence-electron chi connectivity index (χ0n) is 10.5. The number of carbonyl (C=O) groups is 1. The number of nitrogens with one attached hydrogen (secondary N) is 1. The van der Waals surface area contributed by atoms with Crippen LogP contribution in [0, 0.1) is 0 Å². The van der Waals surface area contributed by atoms with Gasteiger partial charge in [-0.15, -0.1) is 11.3 Å². The van der Waals surface area contributed by atoms with Crippen LogP contribution in [-0.4, -0.2) is 10.9 Å². The largest absolute Gasteiger partial charge is 0.345 e. The van der Waals surface area contributed by atoms with E-state index in [-0.39, 0.29) is 11.9 Å². The van der Waals surface area contributed by atoms with Crippen LogP contribution in [0.1, 0.15) is 40.7 Å². The molecule has 2 heterocycles. The Morgan fingerprint density at radius 3 is 2.78 bits per heavy atom. The Morgan fingerprint density at radius 2 is 2.17 bits per heavy atom. The summed E-state index contributed by atoms with van der Waals surface area (Å²) in [6.45, 7) is 4.06. The third kappa shape index (κ3) is 2.96. The van der Waals surface area contributed by atoms with Gasteiger partial charge in [0.05, 0.1) is 11.6 Å². The van der Waals surface area contributed by atoms with Gasteiger partial charge in [0.2, 0.25) is 0 Å². The molecule has 0 unspecified atom stereocenters. The van der Waals surface area contributed by atoms with Crippen molar-refractivity contribution in [3.63, 3.8) is 0 Å². The third-order valence-corrected chi connectivity index (χ3v) is 3.90. The minimum Gasteiger partial charge on any atom is -0.345 e. The summed E-state index contributed by atoms with van der Waals surface area (Å²) in [5.74, 6) is -0.0183. The van der Waals surface area contributed by atoms with E-state index < -0.39 is 0 Å². The summed E-state index contributed by atoms with van der Waals surface area (Å²) >= 11 is 1.63. The molecular weight excluding hydrogens is 244 g/mol. The Hall–Kier alpha value is -1.68. The standard InChI is InChI=1S/C14H16N2OS/c1-3-13-8-12(9-18-13)14(17)16-10(2)11-4-6-15-7-5-11/h4-10H,3H2,1-2H3,(H,16,17)/t10-/m0/s1. The van der Waals surface area contributed by atoms with Crippen LogP contribution in [0.3, 0.4) is 0 Å². The lowest BCUT2D eigenvalue weighted by atomic mass is 10.1. The summed E-state index contributed by atoms with van der Waals surface area (Å²) in [5, 5.41) is 4.90. The molecule has 18 heavy (non-hydrogen) atoms. The maximum Gasteiger partial charge on any atom is 0.252 e. The fraction of sp³-hybridized carbons (Fsp3) is 0.286. The van der Waals surface area contributed by atoms with Gasteiger partial charge < -0.3 is 5.32 Å². The number of aromatic nitrogens is 1. The van der Waals surface area contributed by atoms with E-state index in [2.05, 4.69) is 17.2 Å². The zero-order chi connectivity index (χ0) is 13.0. The van der Waals surface area contributed by atoms with Gasteiger partial charge >= 0.3 is 0 Å². The van der Waals surface area contributed by atoms with Crippen LogP contribution in [0.4, 0.5) is 0 Å². The van der Waals surface area contributed by atoms with Crippen LogP contribution in [0.15, 0.2) is 36.0 Å². The molecule has 0 spiro atoms. The Morgan fingerprint density at radius 1 is 1.44 bits per heavy atom. The fourth-order valence-corrected chi connectivity index (χ4v) is 2.52. The van der Waals surface area contributed by atoms with Gasteiger partial charge in [-0.1, -0.05) is 6.92 Å². The van der Waals surface area contributed by atoms with Crippen molar-refractivity contribution in [1.82, 2.24) is 10.3 Å². The smallest absolute Gasteiger partial charge is 0.252 e. The number of carbonyl (C=O) groups excluding carboxylic acids is 1. The van der Waals surface area contributed by atoms with Gasteiger partial charge in [-0.3, -0.25) is 9.78 Å². The fourth-order valence-electron chi connectivity index (χ4n) is 1.70. The maximum atomic E-state index is 12.0. The molecule has 0 aliphatic heterocycles. The summed E-state index contributed by atoms with van der Waals surface area (Å²) < 4.78 is 0. The van der Waals surface area contributed by atoms with E-state index in [9.17, 15) is 4.79 Å². The average Bonchev–Trinajstić information content (AvgIpc) is 2.88. The molecule has 3 nitrogen and oxygen atoms in total. The maximum absolute atomic E-state index is 12.0. The molecule has 2 aromatic rings. The van der Waals surface area contributed by atoms with E-state index >= 15 is 0 Å². The quantitative estimate of drug-likeness (QED) is 0.917. The van der Waals surface area contributed by atoms with E-state index in [0.717, 1.165) is 17.5 Å². The number of hydrogen-bond acceptors (Lipinski definition) is 3. The van der Waals surface area contributed by atoms with Gasteiger partial charge in [-0.25, -0.2) is 0 Å². The topological polar surface area (TPSA) is 42.0 Å². The first-order chi connectivity index (χ1) is 8.70. The normalized spacial score (nSPS) is 12.1. The highest BCUT2D eigenvalue weighted by molar-refractivity contribution is 7.10. The lowest BCUT2D eigenvalue weighted by Crippen LogP contribution is -2.26. The van der Waals surface area contributed by atoms with Crippen molar-refractivity contribution in [2.45, 2.75) is 26.3 Å². The van der Waals surface area contributed by atoms with Crippen LogP contribution in [0.2, 0.25) is 0 Å². The molecule has 0 saturated carbocycles. The molecule has 0 fully saturated rings. The van der Waals surface area contributed by atoms with E-state index in [1.165, 1.54) is 4.88 Å². The molecule has 1 amide bonds. The van der Waals surface area contributed by atoms with Crippen molar-refractivity contribution in [3.05, 3.63) is 52.0 Å². The molecule has 0 radical (unpaired) electrons. The van der Waals surface area contributed by atoms with Gasteiger partial charge in [-0.05, 0) is 37.1 Å². The molecule has 2 rings (SSSR count). The Kier molecular flexibility index (Phi) is 4.10. The molecule has 0 bridgehead atoms. The molecule has 4 heteroatoms. The van der Waals surface area contributed by atoms with Crippen LogP contribution >= 0.6 is 11.3 Å². The van der Waals surface area contributed by atoms with E-state index in [4.69, 9.17) is 0 Å². The van der Waals surface area contributed by atoms with Crippen molar-refractivity contribution in [2.24, 2.45) is 0 Å². The molecule has 0 aliphatic carbocycles. The third-order valence-electron chi connectivity index (χ3n) is 2.82. The van der Waals surface area contributed by atoms with E-state index in [1.807, 2.05) is 30.5 Å². The molecule has 1 atom stereocenters. The lowest BCUT2D eigenvalue weighted by Gasteiger charge is -2.13. The lowest BCUT2D eigenvalue weighted by molar-refractivity contribution is 0.0940. The second-order valence-electron chi connectivity index (χ2n) is 4.13. The minimum absolute atomic E-state index is 0.00882. The van der Waals surface area contributed by atoms with Crippen molar-refractivity contribution in [1.29, 1.82) is 0 Å². The number of hydrogen-bond donors (Lipinski definition) is 1. The molecule has 0 aromatic carbocycles. The number of nitrogens with zero attached hydrogens (tertiary/aromatic N) is 1. The van der Waals surface area contributed by atoms with Crippen molar-refractivity contribution < 1.29 is 4.79 Å². The SMILES string of the molecule is CCc1cc(C(=O)N[C@@H](C)c2ccncc2)cs1. The molecule has 1 N–H and O–H groups in total. The first kappa shape index (κ1) is 12.8. The van der Waals surface area contributed by atoms with Crippen LogP contribution < -0.4 is 5.32 Å². The highest BCUT2D eigenvalue weighted by atomic mass is 32.1. The summed E-state index contributed by atoms with van der Waals surface area (Å²) in [5.41, 5.74) is 1.81. The van der Waals surface area contributed by atoms with E-state index in [0.29, 0.717) is 0 Å². The van der Waals surface area contributed by atoms with Gasteiger partial charge in [0.25, 0.3) is 5.91 Å². The van der Waals surface area contributed by atoms with Gasteiger partial charge in [-0.2, -0.15) is 0 Å². The van der Waals surface area contributed by atoms with Crippen molar-refractivity contribution >= 4 is 17.2 Å². The molecule has 94 valence electrons. The second kappa shape index (κ2) is 5.78. The first-order valence-electron chi connectivity index (χ1n) is 5.99. The molecular formula is C14H16N2OS. The van der Waals surface area contributed by atoms with Gasteiger partial charge in [0.1, 0.15) is 0 Å². The monoisotopic (exact) mass is 260 g/mol. The predicted molar refractivity (Wildman–Crippen MR) is 73.8 cm³/mol. The zero-order valence-corrected chi connectivity index (χ0v) is 11.3. The van der Waals surface area contributed by atoms with Crippen LogP contribution in [-0.2, 0) is 6.42 Å². The Bertz CT molecular complexity index is 522. The summed E-state index contributed by atoms with van der Waals surface area (Å²) in [6.07, 6.45) is 4.44. The number of pyridine rings is 1. The molecule has 0 saturated heterocycles. The summed E-state index contributed by atoms with van der Waals surface area (Å²) in [6, 6.07) is 5.77. The Labute approximate surface area is 111 Å². The number of thiophene rings is 1. The minimum atomic E-state index is -0.0183. The highest BCUT2D eigenvalue weighted by Crippen LogP contribution is 2.17. The van der Waals surface area contributed by atoms with Gasteiger partial charge in [0.15, 0.2) is 0 Å². The summed E-state index contributed by atoms with van der Waals surface area (Å²) in [4.78, 5) is 17.2. The number of amides is 1. The predicted octanol–water partition coefficient (Wildman–Crippen LogP) is 3.20. The summed E-state index contributed by atoms with van der Waals surface area (Å²) in [7, 11) is 0. The average molecular weight is 260 g/mol. The van der Waals surface area contributed by atoms with E-state index in [1.54, 1.807) is 23.7 Å². The Balaban J connectivity index is 2.03. The van der Waals surface area contributed by atoms with Crippen LogP contribution in [0.5, 0.6) is 0 Å². The second-order valence-corrected chi connectivity index (χ2v) is 5.13. The first-order valence-corrected chi connectivity index (χ1v) is 6.87. The van der Waals surface area contributed by atoms with Crippen LogP contribution in [0.25, 0.3) is 0 Å². The number of aryl methyl sites for hydroxylation is 1. The molecule has 0 aliphatic rings. The van der Waals surface area contributed by atoms with Crippen molar-refractivity contribution in [3.8, 4) is 0 Å². The highest BCUT2D eigenvalue weighted by Gasteiger charge is 2.12. The van der Waals surface area contributed by atoms with Crippen molar-refractivity contribution in [2.75, 3.05) is 0 Å².